The number of carbonyl (C=O) groups excluding carboxylic acids is 4. The van der Waals surface area contributed by atoms with Crippen molar-refractivity contribution >= 4 is 47.5 Å². The minimum Gasteiger partial charge on any atom is -0.508 e. The maximum Gasteiger partial charge on any atom is 0.490 e. The maximum atomic E-state index is 12.5. The van der Waals surface area contributed by atoms with Crippen LogP contribution < -0.4 is 44.2 Å². The number of hydrogen-bond donors (Lipinski definition) is 13. The van der Waals surface area contributed by atoms with E-state index in [1.165, 1.54) is 12.1 Å². The first-order valence-corrected chi connectivity index (χ1v) is 18.9. The molecule has 0 radical (unpaired) electrons. The summed E-state index contributed by atoms with van der Waals surface area (Å²) >= 11 is 0. The average Bonchev–Trinajstić information content (AvgIpc) is 3.16. The fourth-order valence-corrected chi connectivity index (χ4v) is 4.25. The Labute approximate surface area is 364 Å². The van der Waals surface area contributed by atoms with Gasteiger partial charge in [0.15, 0.2) is 5.96 Å². The van der Waals surface area contributed by atoms with Crippen LogP contribution in [0.25, 0.3) is 0 Å². The Kier molecular flexibility index (Phi) is 32.2. The molecule has 1 aromatic carbocycles. The van der Waals surface area contributed by atoms with Crippen LogP contribution in [0, 0.1) is 0 Å². The number of unbranched alkanes of at least 4 members (excludes halogenated alkanes) is 6. The number of amides is 4. The van der Waals surface area contributed by atoms with Gasteiger partial charge in [-0.2, -0.15) is 39.5 Å². The van der Waals surface area contributed by atoms with Crippen LogP contribution >= 0.6 is 0 Å². The van der Waals surface area contributed by atoms with Crippen molar-refractivity contribution in [1.29, 1.82) is 0 Å². The molecule has 2 atom stereocenters. The second kappa shape index (κ2) is 33.2. The molecule has 0 saturated heterocycles. The van der Waals surface area contributed by atoms with Crippen molar-refractivity contribution in [2.24, 2.45) is 27.9 Å². The van der Waals surface area contributed by atoms with Gasteiger partial charge in [0, 0.05) is 31.3 Å². The van der Waals surface area contributed by atoms with Crippen molar-refractivity contribution in [3.63, 3.8) is 0 Å². The van der Waals surface area contributed by atoms with Crippen LogP contribution in [0.2, 0.25) is 0 Å². The Hall–Kier alpha value is -6.33. The Morgan fingerprint density at radius 2 is 1.03 bits per heavy atom. The van der Waals surface area contributed by atoms with Crippen LogP contribution in [0.5, 0.6) is 11.5 Å². The Morgan fingerprint density at radius 3 is 1.43 bits per heavy atom. The molecule has 4 amide bonds. The molecule has 0 spiro atoms. The number of carboxylic acid groups (broad SMARTS) is 3. The predicted molar refractivity (Wildman–Crippen MR) is 209 cm³/mol. The number of nitrogens with zero attached hydrogens (tertiary/aromatic N) is 1. The summed E-state index contributed by atoms with van der Waals surface area (Å²) in [5, 5.41) is 52.1. The fourth-order valence-electron chi connectivity index (χ4n) is 4.25. The van der Waals surface area contributed by atoms with Crippen molar-refractivity contribution < 1.29 is 98.6 Å². The number of aromatic hydroxyl groups is 2. The molecule has 1 aromatic rings. The lowest BCUT2D eigenvalue weighted by Gasteiger charge is -2.17. The average molecular weight is 964 g/mol. The molecule has 1 rings (SSSR count). The van der Waals surface area contributed by atoms with E-state index in [1.54, 1.807) is 0 Å². The molecule has 0 heterocycles. The van der Waals surface area contributed by atoms with Crippen LogP contribution in [0.1, 0.15) is 69.8 Å². The second-order valence-electron chi connectivity index (χ2n) is 13.1. The van der Waals surface area contributed by atoms with E-state index in [4.69, 9.17) is 52.6 Å². The lowest BCUT2D eigenvalue weighted by molar-refractivity contribution is -0.193. The number of aliphatic imine (C=N–C) groups is 1. The van der Waals surface area contributed by atoms with Crippen molar-refractivity contribution in [2.75, 3.05) is 32.7 Å². The van der Waals surface area contributed by atoms with Crippen LogP contribution in [0.3, 0.4) is 0 Å². The van der Waals surface area contributed by atoms with Crippen molar-refractivity contribution in [3.05, 3.63) is 23.8 Å². The Bertz CT molecular complexity index is 1610. The number of benzene rings is 1. The molecule has 30 heteroatoms. The highest BCUT2D eigenvalue weighted by molar-refractivity contribution is 5.92. The van der Waals surface area contributed by atoms with E-state index >= 15 is 0 Å². The number of nitrogens with one attached hydrogen (secondary N) is 4. The monoisotopic (exact) mass is 963 g/mol. The minimum absolute atomic E-state index is 0.0159. The molecule has 0 fully saturated rings. The zero-order valence-electron chi connectivity index (χ0n) is 34.5. The second-order valence-corrected chi connectivity index (χ2v) is 13.1. The number of alkyl halides is 9. The molecule has 0 unspecified atom stereocenters. The summed E-state index contributed by atoms with van der Waals surface area (Å²) in [6, 6.07) is 2.10. The SMILES string of the molecule is NC(=O)C[C@H](NC(=O)Cc1ccc(O)cc1O)C(=O)NCCCCCCCNCCCCCNC(=O)[C@@H](N)CCN=C(N)N.O=C(O)C(F)(F)F.O=C(O)C(F)(F)F.O=C(O)C(F)(F)F. The number of nitrogens with two attached hydrogens (primary N) is 4. The smallest absolute Gasteiger partial charge is 0.490 e. The third-order valence-corrected chi connectivity index (χ3v) is 7.43. The molecule has 21 nitrogen and oxygen atoms in total. The first-order valence-electron chi connectivity index (χ1n) is 18.9. The number of carbonyl (C=O) groups is 7. The van der Waals surface area contributed by atoms with Crippen LogP contribution in [0.15, 0.2) is 23.2 Å². The van der Waals surface area contributed by atoms with Gasteiger partial charge in [0.05, 0.1) is 18.9 Å². The first-order chi connectivity index (χ1) is 29.8. The number of hydrogen-bond acceptors (Lipinski definition) is 12. The van der Waals surface area contributed by atoms with E-state index in [9.17, 15) is 68.9 Å². The Balaban J connectivity index is -0.00000149. The highest BCUT2D eigenvalue weighted by atomic mass is 19.4. The zero-order valence-corrected chi connectivity index (χ0v) is 34.5. The molecule has 65 heavy (non-hydrogen) atoms. The summed E-state index contributed by atoms with van der Waals surface area (Å²) in [4.78, 5) is 78.8. The number of aliphatic carboxylic acids is 3. The minimum atomic E-state index is -5.08. The van der Waals surface area contributed by atoms with Gasteiger partial charge in [-0.15, -0.1) is 0 Å². The van der Waals surface area contributed by atoms with Gasteiger partial charge < -0.3 is 69.7 Å². The molecular formula is C35H54F9N9O12. The van der Waals surface area contributed by atoms with Gasteiger partial charge in [0.1, 0.15) is 17.5 Å². The van der Waals surface area contributed by atoms with Crippen molar-refractivity contribution in [3.8, 4) is 11.5 Å². The molecule has 0 aromatic heterocycles. The van der Waals surface area contributed by atoms with Crippen LogP contribution in [-0.2, 0) is 40.0 Å². The van der Waals surface area contributed by atoms with Gasteiger partial charge in [-0.1, -0.05) is 31.7 Å². The van der Waals surface area contributed by atoms with E-state index in [0.29, 0.717) is 26.1 Å². The van der Waals surface area contributed by atoms with E-state index in [-0.39, 0.29) is 41.8 Å². The van der Waals surface area contributed by atoms with E-state index in [0.717, 1.165) is 70.5 Å². The molecular weight excluding hydrogens is 909 g/mol. The van der Waals surface area contributed by atoms with E-state index in [1.807, 2.05) is 0 Å². The largest absolute Gasteiger partial charge is 0.508 e. The van der Waals surface area contributed by atoms with E-state index in [2.05, 4.69) is 26.3 Å². The van der Waals surface area contributed by atoms with Crippen LogP contribution in [-0.4, -0.2) is 136 Å². The summed E-state index contributed by atoms with van der Waals surface area (Å²) in [5.74, 6) is -10.7. The van der Waals surface area contributed by atoms with Crippen molar-refractivity contribution in [1.82, 2.24) is 21.3 Å². The highest BCUT2D eigenvalue weighted by Gasteiger charge is 2.39. The van der Waals surface area contributed by atoms with Gasteiger partial charge in [0.25, 0.3) is 0 Å². The molecule has 0 aliphatic rings. The highest BCUT2D eigenvalue weighted by Crippen LogP contribution is 2.23. The number of phenolic OH excluding ortho intramolecular Hbond substituents is 2. The summed E-state index contributed by atoms with van der Waals surface area (Å²) < 4.78 is 95.2. The fraction of sp³-hybridized carbons (Fsp3) is 0.600. The third kappa shape index (κ3) is 37.9. The summed E-state index contributed by atoms with van der Waals surface area (Å²) in [6.45, 7) is 3.15. The number of primary amides is 1. The number of rotatable bonds is 24. The van der Waals surface area contributed by atoms with Crippen LogP contribution in [0.4, 0.5) is 39.5 Å². The van der Waals surface area contributed by atoms with Crippen molar-refractivity contribution in [2.45, 2.75) is 101 Å². The maximum absolute atomic E-state index is 12.5. The zero-order chi connectivity index (χ0) is 51.0. The molecule has 374 valence electrons. The van der Waals surface area contributed by atoms with Gasteiger partial charge >= 0.3 is 36.4 Å². The number of guanidine groups is 1. The Morgan fingerprint density at radius 1 is 0.631 bits per heavy atom. The number of halogens is 9. The summed E-state index contributed by atoms with van der Waals surface area (Å²) in [6.07, 6.45) is -7.74. The van der Waals surface area contributed by atoms with Gasteiger partial charge in [-0.05, 0) is 51.3 Å². The van der Waals surface area contributed by atoms with Gasteiger partial charge in [-0.25, -0.2) is 14.4 Å². The number of phenols is 2. The lowest BCUT2D eigenvalue weighted by Crippen LogP contribution is -2.49. The third-order valence-electron chi connectivity index (χ3n) is 7.43. The van der Waals surface area contributed by atoms with Gasteiger partial charge in [-0.3, -0.25) is 24.2 Å². The first kappa shape index (κ1) is 63.0. The topological polar surface area (TPSA) is 385 Å². The van der Waals surface area contributed by atoms with Gasteiger partial charge in [0.2, 0.25) is 23.6 Å². The molecule has 0 saturated carbocycles. The normalized spacial score (nSPS) is 11.8. The number of carboxylic acids is 3. The summed E-state index contributed by atoms with van der Waals surface area (Å²) in [7, 11) is 0. The molecule has 0 aliphatic heterocycles. The molecule has 17 N–H and O–H groups in total. The predicted octanol–water partition coefficient (Wildman–Crippen LogP) is 0.834. The lowest BCUT2D eigenvalue weighted by atomic mass is 10.1. The van der Waals surface area contributed by atoms with E-state index < -0.39 is 66.2 Å². The quantitative estimate of drug-likeness (QED) is 0.0295. The summed E-state index contributed by atoms with van der Waals surface area (Å²) in [5.41, 5.74) is 21.8. The molecule has 0 bridgehead atoms. The molecule has 0 aliphatic carbocycles. The standard InChI is InChI=1S/C29H51N9O6.3C2HF3O2/c30-22(11-16-37-29(32)33)27(43)35-14-8-4-6-13-34-12-5-2-1-3-7-15-36-28(44)23(19-25(31)41)38-26(42)17-20-9-10-21(39)18-24(20)40;3*3-2(4,5)1(6)7/h9-10,18,22-23,34,39-40H,1-8,11-17,19,30H2,(H2,31,41)(H,35,43)(H,36,44)(H,38,42)(H4,32,33,37);3*(H,6,7)/t22-,23-;;;/m0.../s1.